The van der Waals surface area contributed by atoms with Crippen molar-refractivity contribution >= 4 is 11.9 Å². The highest BCUT2D eigenvalue weighted by Gasteiger charge is 2.21. The van der Waals surface area contributed by atoms with Crippen LogP contribution in [0.15, 0.2) is 22.7 Å². The van der Waals surface area contributed by atoms with Gasteiger partial charge in [-0.2, -0.15) is 0 Å². The topological polar surface area (TPSA) is 99.9 Å². The number of nitrogens with one attached hydrogen (secondary N) is 1. The van der Waals surface area contributed by atoms with Crippen molar-refractivity contribution in [2.75, 3.05) is 13.4 Å². The Morgan fingerprint density at radius 1 is 1.28 bits per heavy atom. The van der Waals surface area contributed by atoms with E-state index in [1.807, 2.05) is 19.1 Å². The predicted molar refractivity (Wildman–Crippen MR) is 85.4 cm³/mol. The molecule has 0 saturated carbocycles. The zero-order valence-electron chi connectivity index (χ0n) is 14.1. The van der Waals surface area contributed by atoms with Crippen LogP contribution in [0.5, 0.6) is 11.5 Å². The van der Waals surface area contributed by atoms with Gasteiger partial charge in [0.05, 0.1) is 11.7 Å². The van der Waals surface area contributed by atoms with Crippen molar-refractivity contribution in [1.82, 2.24) is 10.5 Å². The molecule has 1 atom stereocenters. The molecule has 2 aromatic rings. The van der Waals surface area contributed by atoms with Gasteiger partial charge in [-0.05, 0) is 38.5 Å². The first-order valence-electron chi connectivity index (χ1n) is 7.74. The van der Waals surface area contributed by atoms with E-state index in [9.17, 15) is 9.59 Å². The van der Waals surface area contributed by atoms with Crippen LogP contribution >= 0.6 is 0 Å². The van der Waals surface area contributed by atoms with Crippen LogP contribution in [0.25, 0.3) is 0 Å². The summed E-state index contributed by atoms with van der Waals surface area (Å²) < 4.78 is 20.5. The number of rotatable bonds is 5. The zero-order chi connectivity index (χ0) is 18.0. The average Bonchev–Trinajstić information content (AvgIpc) is 3.18. The van der Waals surface area contributed by atoms with Gasteiger partial charge >= 0.3 is 5.97 Å². The van der Waals surface area contributed by atoms with Crippen molar-refractivity contribution in [2.24, 2.45) is 0 Å². The van der Waals surface area contributed by atoms with E-state index in [1.54, 1.807) is 19.9 Å². The molecule has 0 saturated heterocycles. The van der Waals surface area contributed by atoms with E-state index < -0.39 is 18.5 Å². The third kappa shape index (κ3) is 3.57. The van der Waals surface area contributed by atoms with Crippen LogP contribution < -0.4 is 14.8 Å². The molecule has 2 heterocycles. The molecule has 8 nitrogen and oxygen atoms in total. The van der Waals surface area contributed by atoms with Crippen LogP contribution in [0.4, 0.5) is 0 Å². The lowest BCUT2D eigenvalue weighted by Crippen LogP contribution is -2.31. The quantitative estimate of drug-likeness (QED) is 0.827. The van der Waals surface area contributed by atoms with Crippen molar-refractivity contribution in [3.8, 4) is 11.5 Å². The molecular weight excluding hydrogens is 328 g/mol. The highest BCUT2D eigenvalue weighted by molar-refractivity contribution is 5.93. The van der Waals surface area contributed by atoms with E-state index in [1.165, 1.54) is 0 Å². The number of aromatic nitrogens is 1. The minimum atomic E-state index is -0.637. The van der Waals surface area contributed by atoms with E-state index in [2.05, 4.69) is 10.5 Å². The third-order valence-corrected chi connectivity index (χ3v) is 3.85. The van der Waals surface area contributed by atoms with Crippen molar-refractivity contribution < 1.29 is 28.3 Å². The minimum Gasteiger partial charge on any atom is -0.454 e. The van der Waals surface area contributed by atoms with E-state index in [0.717, 1.165) is 5.56 Å². The maximum atomic E-state index is 12.0. The number of fused-ring (bicyclic) bond motifs is 1. The highest BCUT2D eigenvalue weighted by atomic mass is 16.7. The normalized spacial score (nSPS) is 13.4. The standard InChI is InChI=1S/C17H18N2O6/c1-9(12-4-5-13-14(6-12)24-8-23-13)18-15(20)7-22-17(21)16-10(2)19-25-11(16)3/h4-6,9H,7-8H2,1-3H3,(H,18,20)/t9-/m0/s1. The number of amides is 1. The molecule has 0 radical (unpaired) electrons. The summed E-state index contributed by atoms with van der Waals surface area (Å²) in [6, 6.07) is 5.16. The van der Waals surface area contributed by atoms with Gasteiger partial charge in [0.15, 0.2) is 18.1 Å². The van der Waals surface area contributed by atoms with Gasteiger partial charge in [-0.3, -0.25) is 4.79 Å². The average molecular weight is 346 g/mol. The molecule has 0 unspecified atom stereocenters. The Kier molecular flexibility index (Phi) is 4.60. The fourth-order valence-corrected chi connectivity index (χ4v) is 2.53. The summed E-state index contributed by atoms with van der Waals surface area (Å²) in [5.41, 5.74) is 1.53. The third-order valence-electron chi connectivity index (χ3n) is 3.85. The Balaban J connectivity index is 1.55. The molecule has 3 rings (SSSR count). The number of carbonyl (C=O) groups excluding carboxylic acids is 2. The Hall–Kier alpha value is -3.03. The first-order chi connectivity index (χ1) is 12.0. The SMILES string of the molecule is Cc1noc(C)c1C(=O)OCC(=O)N[C@@H](C)c1ccc2c(c1)OCO2. The van der Waals surface area contributed by atoms with Crippen molar-refractivity contribution in [2.45, 2.75) is 26.8 Å². The Morgan fingerprint density at radius 3 is 2.76 bits per heavy atom. The van der Waals surface area contributed by atoms with Crippen LogP contribution in [-0.2, 0) is 9.53 Å². The van der Waals surface area contributed by atoms with Gasteiger partial charge in [0.25, 0.3) is 5.91 Å². The summed E-state index contributed by atoms with van der Waals surface area (Å²) in [5.74, 6) is 0.628. The fraction of sp³-hybridized carbons (Fsp3) is 0.353. The molecule has 8 heteroatoms. The number of carbonyl (C=O) groups is 2. The Morgan fingerprint density at radius 2 is 2.04 bits per heavy atom. The Bertz CT molecular complexity index is 794. The van der Waals surface area contributed by atoms with Crippen LogP contribution in [0.1, 0.15) is 40.3 Å². The van der Waals surface area contributed by atoms with Gasteiger partial charge in [0.2, 0.25) is 6.79 Å². The number of hydrogen-bond donors (Lipinski definition) is 1. The van der Waals surface area contributed by atoms with E-state index in [4.69, 9.17) is 18.7 Å². The molecule has 1 amide bonds. The van der Waals surface area contributed by atoms with Crippen molar-refractivity contribution in [3.05, 3.63) is 40.8 Å². The largest absolute Gasteiger partial charge is 0.454 e. The predicted octanol–water partition coefficient (Wildman–Crippen LogP) is 2.05. The lowest BCUT2D eigenvalue weighted by atomic mass is 10.1. The highest BCUT2D eigenvalue weighted by Crippen LogP contribution is 2.34. The second-order valence-corrected chi connectivity index (χ2v) is 5.68. The second-order valence-electron chi connectivity index (χ2n) is 5.68. The molecule has 1 N–H and O–H groups in total. The van der Waals surface area contributed by atoms with Crippen LogP contribution in [0, 0.1) is 13.8 Å². The number of hydrogen-bond acceptors (Lipinski definition) is 7. The van der Waals surface area contributed by atoms with Gasteiger partial charge in [-0.15, -0.1) is 0 Å². The van der Waals surface area contributed by atoms with E-state index in [0.29, 0.717) is 23.0 Å². The summed E-state index contributed by atoms with van der Waals surface area (Å²) in [6.07, 6.45) is 0. The number of ether oxygens (including phenoxy) is 3. The van der Waals surface area contributed by atoms with Gasteiger partial charge < -0.3 is 24.1 Å². The fourth-order valence-electron chi connectivity index (χ4n) is 2.53. The molecule has 132 valence electrons. The summed E-state index contributed by atoms with van der Waals surface area (Å²) in [4.78, 5) is 24.0. The van der Waals surface area contributed by atoms with E-state index >= 15 is 0 Å². The van der Waals surface area contributed by atoms with Crippen LogP contribution in [0.3, 0.4) is 0 Å². The zero-order valence-corrected chi connectivity index (χ0v) is 14.1. The van der Waals surface area contributed by atoms with Crippen LogP contribution in [-0.4, -0.2) is 30.4 Å². The monoisotopic (exact) mass is 346 g/mol. The maximum Gasteiger partial charge on any atom is 0.344 e. The molecule has 1 aliphatic rings. The number of aryl methyl sites for hydroxylation is 2. The lowest BCUT2D eigenvalue weighted by molar-refractivity contribution is -0.124. The molecule has 25 heavy (non-hydrogen) atoms. The molecule has 1 aromatic heterocycles. The smallest absolute Gasteiger partial charge is 0.344 e. The molecule has 1 aromatic carbocycles. The molecule has 0 fully saturated rings. The second kappa shape index (κ2) is 6.84. The first kappa shape index (κ1) is 16.8. The Labute approximate surface area is 144 Å². The summed E-state index contributed by atoms with van der Waals surface area (Å²) in [5, 5.41) is 6.45. The van der Waals surface area contributed by atoms with Crippen molar-refractivity contribution in [3.63, 3.8) is 0 Å². The van der Waals surface area contributed by atoms with Gasteiger partial charge in [0.1, 0.15) is 11.3 Å². The molecule has 1 aliphatic heterocycles. The maximum absolute atomic E-state index is 12.0. The first-order valence-corrected chi connectivity index (χ1v) is 7.74. The van der Waals surface area contributed by atoms with E-state index in [-0.39, 0.29) is 18.4 Å². The number of nitrogens with zero attached hydrogens (tertiary/aromatic N) is 1. The van der Waals surface area contributed by atoms with Gasteiger partial charge in [-0.1, -0.05) is 11.2 Å². The molecule has 0 aliphatic carbocycles. The lowest BCUT2D eigenvalue weighted by Gasteiger charge is -2.15. The van der Waals surface area contributed by atoms with Crippen molar-refractivity contribution in [1.29, 1.82) is 0 Å². The summed E-state index contributed by atoms with van der Waals surface area (Å²) in [6.45, 7) is 4.87. The summed E-state index contributed by atoms with van der Waals surface area (Å²) >= 11 is 0. The molecule has 0 spiro atoms. The summed E-state index contributed by atoms with van der Waals surface area (Å²) in [7, 11) is 0. The molecular formula is C17H18N2O6. The number of benzene rings is 1. The van der Waals surface area contributed by atoms with Crippen LogP contribution in [0.2, 0.25) is 0 Å². The number of esters is 1. The molecule has 0 bridgehead atoms. The van der Waals surface area contributed by atoms with Gasteiger partial charge in [-0.25, -0.2) is 4.79 Å². The minimum absolute atomic E-state index is 0.192. The van der Waals surface area contributed by atoms with Gasteiger partial charge in [0, 0.05) is 0 Å².